The number of allylic oxidation sites excluding steroid dienone is 3. The normalized spacial score (nSPS) is 29.2. The molecule has 7 unspecified atom stereocenters. The van der Waals surface area contributed by atoms with E-state index < -0.39 is 30.0 Å². The van der Waals surface area contributed by atoms with Gasteiger partial charge in [-0.15, -0.1) is 0 Å². The average Bonchev–Trinajstić information content (AvgIpc) is 2.66. The fourth-order valence-electron chi connectivity index (χ4n) is 4.76. The quantitative estimate of drug-likeness (QED) is 0.434. The summed E-state index contributed by atoms with van der Waals surface area (Å²) in [6.07, 6.45) is 6.66. The molecule has 7 nitrogen and oxygen atoms in total. The zero-order valence-corrected chi connectivity index (χ0v) is 20.5. The maximum absolute atomic E-state index is 12.8. The van der Waals surface area contributed by atoms with E-state index in [0.717, 1.165) is 6.42 Å². The Kier molecular flexibility index (Phi) is 10.6. The van der Waals surface area contributed by atoms with Crippen LogP contribution in [0.1, 0.15) is 73.1 Å². The molecule has 0 amide bonds. The van der Waals surface area contributed by atoms with E-state index >= 15 is 0 Å². The minimum absolute atomic E-state index is 0. The summed E-state index contributed by atoms with van der Waals surface area (Å²) >= 11 is 0. The van der Waals surface area contributed by atoms with E-state index in [1.165, 1.54) is 5.57 Å². The van der Waals surface area contributed by atoms with Gasteiger partial charge in [-0.25, -0.2) is 0 Å². The molecule has 7 heteroatoms. The lowest BCUT2D eigenvalue weighted by Gasteiger charge is -2.44. The first-order valence-electron chi connectivity index (χ1n) is 11.6. The topological polar surface area (TPSA) is 143 Å². The Hall–Kier alpha value is -1.70. The number of quaternary nitrogens is 1. The molecule has 6 N–H and O–H groups in total. The molecule has 0 saturated heterocycles. The highest BCUT2D eigenvalue weighted by Gasteiger charge is 2.42. The Morgan fingerprint density at radius 3 is 2.50 bits per heavy atom. The number of esters is 1. The molecule has 184 valence electrons. The third-order valence-corrected chi connectivity index (χ3v) is 7.07. The van der Waals surface area contributed by atoms with Gasteiger partial charge in [-0.3, -0.25) is 4.79 Å². The number of aliphatic hydroxyl groups is 2. The van der Waals surface area contributed by atoms with Gasteiger partial charge in [0.25, 0.3) is 0 Å². The Morgan fingerprint density at radius 2 is 1.91 bits per heavy atom. The van der Waals surface area contributed by atoms with Crippen molar-refractivity contribution in [2.24, 2.45) is 29.1 Å². The van der Waals surface area contributed by atoms with Crippen LogP contribution in [0.25, 0.3) is 0 Å². The number of ether oxygens (including phenoxy) is 1. The number of hydrogen-bond acceptors (Lipinski definition) is 6. The summed E-state index contributed by atoms with van der Waals surface area (Å²) in [5.41, 5.74) is 0.669. The molecule has 32 heavy (non-hydrogen) atoms. The van der Waals surface area contributed by atoms with Crippen molar-refractivity contribution in [3.63, 3.8) is 0 Å². The number of aliphatic hydroxyl groups excluding tert-OH is 2. The van der Waals surface area contributed by atoms with Gasteiger partial charge >= 0.3 is 5.97 Å². The molecule has 0 spiro atoms. The summed E-state index contributed by atoms with van der Waals surface area (Å²) in [4.78, 5) is 23.5. The number of fused-ring (bicyclic) bond motifs is 1. The van der Waals surface area contributed by atoms with Gasteiger partial charge in [-0.1, -0.05) is 39.0 Å². The lowest BCUT2D eigenvalue weighted by Crippen LogP contribution is -2.43. The van der Waals surface area contributed by atoms with Crippen molar-refractivity contribution in [2.75, 3.05) is 0 Å². The summed E-state index contributed by atoms with van der Waals surface area (Å²) in [5, 5.41) is 30.8. The van der Waals surface area contributed by atoms with Gasteiger partial charge in [-0.05, 0) is 69.3 Å². The monoisotopic (exact) mass is 453 g/mol. The van der Waals surface area contributed by atoms with Crippen LogP contribution in [0.5, 0.6) is 0 Å². The smallest absolute Gasteiger partial charge is 0.311 e. The molecule has 0 saturated carbocycles. The largest absolute Gasteiger partial charge is 0.550 e. The van der Waals surface area contributed by atoms with Crippen LogP contribution < -0.4 is 11.3 Å². The van der Waals surface area contributed by atoms with Gasteiger partial charge in [0.15, 0.2) is 0 Å². The van der Waals surface area contributed by atoms with Crippen molar-refractivity contribution >= 4 is 11.9 Å². The third kappa shape index (κ3) is 7.42. The number of rotatable bonds is 10. The zero-order chi connectivity index (χ0) is 23.3. The summed E-state index contributed by atoms with van der Waals surface area (Å²) < 4.78 is 6.09. The van der Waals surface area contributed by atoms with Crippen LogP contribution in [0, 0.1) is 29.1 Å². The molecule has 2 aliphatic carbocycles. The predicted octanol–water partition coefficient (Wildman–Crippen LogP) is 3.15. The molecule has 0 radical (unpaired) electrons. The second-order valence-electron chi connectivity index (χ2n) is 10.2. The van der Waals surface area contributed by atoms with Crippen LogP contribution in [0.15, 0.2) is 23.8 Å². The van der Waals surface area contributed by atoms with Crippen molar-refractivity contribution in [1.82, 2.24) is 6.15 Å². The zero-order valence-electron chi connectivity index (χ0n) is 20.5. The molecular formula is C25H43NO6. The van der Waals surface area contributed by atoms with E-state index in [2.05, 4.69) is 32.1 Å². The first kappa shape index (κ1) is 28.3. The molecule has 2 aliphatic rings. The number of hydrogen-bond donors (Lipinski definition) is 3. The molecule has 7 atom stereocenters. The second kappa shape index (κ2) is 12.0. The highest BCUT2D eigenvalue weighted by molar-refractivity contribution is 5.76. The SMILES string of the molecule is CCC(C)(C)C(=O)OC1CC(C)C=C2C=CC(C)C(CCC(O)CC(O)CC(=O)[O-])C21.[NH4+]. The van der Waals surface area contributed by atoms with Crippen molar-refractivity contribution < 1.29 is 29.6 Å². The Morgan fingerprint density at radius 1 is 1.25 bits per heavy atom. The van der Waals surface area contributed by atoms with Crippen LogP contribution >= 0.6 is 0 Å². The average molecular weight is 454 g/mol. The van der Waals surface area contributed by atoms with E-state index in [1.54, 1.807) is 0 Å². The van der Waals surface area contributed by atoms with Gasteiger partial charge < -0.3 is 31.0 Å². The van der Waals surface area contributed by atoms with E-state index in [-0.39, 0.29) is 42.4 Å². The van der Waals surface area contributed by atoms with Crippen LogP contribution in [0.4, 0.5) is 0 Å². The maximum atomic E-state index is 12.8. The fourth-order valence-corrected chi connectivity index (χ4v) is 4.76. The highest BCUT2D eigenvalue weighted by Crippen LogP contribution is 2.45. The van der Waals surface area contributed by atoms with Gasteiger partial charge in [0.05, 0.1) is 17.6 Å². The molecule has 0 aromatic rings. The van der Waals surface area contributed by atoms with Crippen molar-refractivity contribution in [2.45, 2.75) is 91.5 Å². The van der Waals surface area contributed by atoms with Gasteiger partial charge in [-0.2, -0.15) is 0 Å². The second-order valence-corrected chi connectivity index (χ2v) is 10.2. The van der Waals surface area contributed by atoms with Gasteiger partial charge in [0.1, 0.15) is 6.10 Å². The lowest BCUT2D eigenvalue weighted by molar-refractivity contribution is -0.307. The number of carbonyl (C=O) groups is 2. The van der Waals surface area contributed by atoms with E-state index in [1.807, 2.05) is 20.8 Å². The molecule has 0 fully saturated rings. The first-order chi connectivity index (χ1) is 14.4. The first-order valence-corrected chi connectivity index (χ1v) is 11.6. The lowest BCUT2D eigenvalue weighted by atomic mass is 9.65. The Labute approximate surface area is 192 Å². The highest BCUT2D eigenvalue weighted by atomic mass is 16.5. The molecule has 0 heterocycles. The van der Waals surface area contributed by atoms with Crippen molar-refractivity contribution in [3.05, 3.63) is 23.8 Å². The van der Waals surface area contributed by atoms with Crippen LogP contribution in [-0.2, 0) is 14.3 Å². The molecule has 2 rings (SSSR count). The summed E-state index contributed by atoms with van der Waals surface area (Å²) in [6.45, 7) is 10.1. The van der Waals surface area contributed by atoms with E-state index in [4.69, 9.17) is 4.74 Å². The van der Waals surface area contributed by atoms with Crippen molar-refractivity contribution in [3.8, 4) is 0 Å². The minimum Gasteiger partial charge on any atom is -0.550 e. The van der Waals surface area contributed by atoms with Crippen molar-refractivity contribution in [1.29, 1.82) is 0 Å². The van der Waals surface area contributed by atoms with E-state index in [9.17, 15) is 24.9 Å². The van der Waals surface area contributed by atoms with Crippen LogP contribution in [0.3, 0.4) is 0 Å². The van der Waals surface area contributed by atoms with Gasteiger partial charge in [0, 0.05) is 18.3 Å². The van der Waals surface area contributed by atoms with Crippen LogP contribution in [-0.4, -0.2) is 40.5 Å². The number of carboxylic acid groups (broad SMARTS) is 1. The summed E-state index contributed by atoms with van der Waals surface area (Å²) in [5.74, 6) is -0.641. The fraction of sp³-hybridized carbons (Fsp3) is 0.760. The predicted molar refractivity (Wildman–Crippen MR) is 123 cm³/mol. The molecule has 0 aromatic heterocycles. The number of aliphatic carboxylic acids is 1. The molecule has 0 aromatic carbocycles. The van der Waals surface area contributed by atoms with Crippen LogP contribution in [0.2, 0.25) is 0 Å². The standard InChI is InChI=1S/C25H40O6.H3N/c1-6-25(4,5)24(30)31-21-12-15(2)11-17-8-7-16(3)20(23(17)21)10-9-18(26)13-19(27)14-22(28)29;/h7-8,11,15-16,18-21,23,26-27H,6,9-10,12-14H2,1-5H3,(H,28,29);1H3. The Bertz CT molecular complexity index is 701. The third-order valence-electron chi connectivity index (χ3n) is 7.07. The summed E-state index contributed by atoms with van der Waals surface area (Å²) in [7, 11) is 0. The molecule has 0 aliphatic heterocycles. The number of carbonyl (C=O) groups excluding carboxylic acids is 2. The van der Waals surface area contributed by atoms with Gasteiger partial charge in [0.2, 0.25) is 0 Å². The molecular weight excluding hydrogens is 410 g/mol. The molecule has 0 bridgehead atoms. The summed E-state index contributed by atoms with van der Waals surface area (Å²) in [6, 6.07) is 0. The maximum Gasteiger partial charge on any atom is 0.311 e. The van der Waals surface area contributed by atoms with E-state index in [0.29, 0.717) is 25.2 Å². The Balaban J connectivity index is 0.00000512. The number of carboxylic acids is 1. The minimum atomic E-state index is -1.32.